The molecule has 26 heavy (non-hydrogen) atoms. The maximum Gasteiger partial charge on any atom is 0.264 e. The Bertz CT molecular complexity index is 782. The highest BCUT2D eigenvalue weighted by atomic mass is 32.1. The van der Waals surface area contributed by atoms with Crippen molar-refractivity contribution in [2.45, 2.75) is 44.6 Å². The maximum atomic E-state index is 13.2. The third kappa shape index (κ3) is 3.83. The minimum Gasteiger partial charge on any atom is -0.331 e. The number of carbonyl (C=O) groups is 2. The van der Waals surface area contributed by atoms with Crippen LogP contribution in [-0.4, -0.2) is 23.3 Å². The summed E-state index contributed by atoms with van der Waals surface area (Å²) in [7, 11) is 0. The van der Waals surface area contributed by atoms with Gasteiger partial charge in [-0.2, -0.15) is 0 Å². The fraction of sp³-hybridized carbons (Fsp3) is 0.429. The van der Waals surface area contributed by atoms with Gasteiger partial charge in [-0.25, -0.2) is 0 Å². The second-order valence-corrected chi connectivity index (χ2v) is 8.29. The van der Waals surface area contributed by atoms with Crippen LogP contribution in [0, 0.1) is 5.92 Å². The number of anilines is 1. The van der Waals surface area contributed by atoms with Gasteiger partial charge in [0.15, 0.2) is 0 Å². The first-order chi connectivity index (χ1) is 12.7. The van der Waals surface area contributed by atoms with Crippen molar-refractivity contribution in [2.75, 3.05) is 11.9 Å². The number of hydrogen-bond donors (Lipinski definition) is 1. The molecule has 0 radical (unpaired) electrons. The number of rotatable bonds is 4. The zero-order chi connectivity index (χ0) is 17.9. The van der Waals surface area contributed by atoms with Gasteiger partial charge in [-0.15, -0.1) is 11.3 Å². The Hall–Kier alpha value is -2.14. The topological polar surface area (TPSA) is 49.4 Å². The van der Waals surface area contributed by atoms with E-state index in [0.29, 0.717) is 4.88 Å². The van der Waals surface area contributed by atoms with Gasteiger partial charge in [0.1, 0.15) is 0 Å². The van der Waals surface area contributed by atoms with Crippen molar-refractivity contribution in [1.82, 2.24) is 4.90 Å². The molecule has 4 rings (SSSR count). The van der Waals surface area contributed by atoms with Crippen LogP contribution in [0.4, 0.5) is 5.00 Å². The van der Waals surface area contributed by atoms with E-state index in [9.17, 15) is 9.59 Å². The summed E-state index contributed by atoms with van der Waals surface area (Å²) in [4.78, 5) is 27.9. The van der Waals surface area contributed by atoms with Crippen molar-refractivity contribution in [3.8, 4) is 0 Å². The Morgan fingerprint density at radius 1 is 0.962 bits per heavy atom. The van der Waals surface area contributed by atoms with Crippen molar-refractivity contribution in [1.29, 1.82) is 0 Å². The fourth-order valence-corrected chi connectivity index (χ4v) is 4.47. The van der Waals surface area contributed by atoms with Crippen LogP contribution in [0.5, 0.6) is 0 Å². The molecule has 4 nitrogen and oxygen atoms in total. The van der Waals surface area contributed by atoms with E-state index in [1.807, 2.05) is 35.2 Å². The largest absolute Gasteiger partial charge is 0.331 e. The van der Waals surface area contributed by atoms with Crippen LogP contribution in [0.15, 0.2) is 42.5 Å². The van der Waals surface area contributed by atoms with Crippen LogP contribution < -0.4 is 5.32 Å². The van der Waals surface area contributed by atoms with E-state index >= 15 is 0 Å². The van der Waals surface area contributed by atoms with E-state index in [-0.39, 0.29) is 23.8 Å². The van der Waals surface area contributed by atoms with E-state index in [0.717, 1.165) is 43.6 Å². The molecule has 1 N–H and O–H groups in total. The van der Waals surface area contributed by atoms with E-state index in [1.165, 1.54) is 23.3 Å². The lowest BCUT2D eigenvalue weighted by molar-refractivity contribution is -0.117. The van der Waals surface area contributed by atoms with Crippen molar-refractivity contribution in [3.63, 3.8) is 0 Å². The molecule has 0 bridgehead atoms. The highest BCUT2D eigenvalue weighted by Gasteiger charge is 2.31. The van der Waals surface area contributed by atoms with Gasteiger partial charge >= 0.3 is 0 Å². The second-order valence-electron chi connectivity index (χ2n) is 7.20. The maximum absolute atomic E-state index is 13.2. The molecule has 1 saturated heterocycles. The summed E-state index contributed by atoms with van der Waals surface area (Å²) in [6, 6.07) is 14.2. The second kappa shape index (κ2) is 7.62. The van der Waals surface area contributed by atoms with Gasteiger partial charge in [-0.3, -0.25) is 9.59 Å². The lowest BCUT2D eigenvalue weighted by Gasteiger charge is -2.30. The molecule has 2 aliphatic rings. The minimum atomic E-state index is 0.0812. The van der Waals surface area contributed by atoms with Crippen LogP contribution in [0.1, 0.15) is 59.8 Å². The van der Waals surface area contributed by atoms with E-state index in [1.54, 1.807) is 0 Å². The van der Waals surface area contributed by atoms with E-state index in [4.69, 9.17) is 0 Å². The summed E-state index contributed by atoms with van der Waals surface area (Å²) in [5, 5.41) is 3.72. The van der Waals surface area contributed by atoms with Crippen molar-refractivity contribution < 1.29 is 9.59 Å². The lowest BCUT2D eigenvalue weighted by Crippen LogP contribution is -2.34. The first-order valence-corrected chi connectivity index (χ1v) is 10.3. The molecule has 0 spiro atoms. The molecule has 2 aromatic rings. The minimum absolute atomic E-state index is 0.0812. The molecular formula is C21H24N2O2S. The average molecular weight is 369 g/mol. The van der Waals surface area contributed by atoms with Crippen molar-refractivity contribution in [2.24, 2.45) is 5.92 Å². The third-order valence-electron chi connectivity index (χ3n) is 5.21. The monoisotopic (exact) mass is 368 g/mol. The molecule has 2 fully saturated rings. The number of nitrogens with zero attached hydrogens (tertiary/aromatic N) is 1. The number of nitrogens with one attached hydrogen (secondary N) is 1. The summed E-state index contributed by atoms with van der Waals surface area (Å²) in [6.07, 6.45) is 6.33. The zero-order valence-corrected chi connectivity index (χ0v) is 15.6. The first-order valence-electron chi connectivity index (χ1n) is 9.49. The summed E-state index contributed by atoms with van der Waals surface area (Å²) in [6.45, 7) is 0.792. The number of likely N-dealkylation sites (tertiary alicyclic amines) is 1. The number of amides is 2. The van der Waals surface area contributed by atoms with Gasteiger partial charge < -0.3 is 10.2 Å². The predicted molar refractivity (Wildman–Crippen MR) is 104 cm³/mol. The zero-order valence-electron chi connectivity index (χ0n) is 14.8. The first kappa shape index (κ1) is 17.3. The van der Waals surface area contributed by atoms with Gasteiger partial charge in [0.25, 0.3) is 5.91 Å². The Morgan fingerprint density at radius 3 is 2.54 bits per heavy atom. The van der Waals surface area contributed by atoms with Crippen LogP contribution in [0.25, 0.3) is 0 Å². The van der Waals surface area contributed by atoms with Gasteiger partial charge in [-0.1, -0.05) is 43.2 Å². The van der Waals surface area contributed by atoms with Gasteiger partial charge in [0.05, 0.1) is 15.9 Å². The molecule has 136 valence electrons. The third-order valence-corrected chi connectivity index (χ3v) is 6.20. The van der Waals surface area contributed by atoms with Gasteiger partial charge in [-0.05, 0) is 43.4 Å². The quantitative estimate of drug-likeness (QED) is 0.838. The van der Waals surface area contributed by atoms with Gasteiger partial charge in [0.2, 0.25) is 5.91 Å². The van der Waals surface area contributed by atoms with Crippen LogP contribution >= 0.6 is 11.3 Å². The standard InChI is InChI=1S/C21H24N2O2S/c24-20(16-10-11-16)22-19-13-12-18(26-19)21(25)23-14-6-2-5-9-17(23)15-7-3-1-4-8-15/h1,3-4,7-8,12-13,16-17H,2,5-6,9-11,14H2,(H,22,24). The smallest absolute Gasteiger partial charge is 0.264 e. The summed E-state index contributed by atoms with van der Waals surface area (Å²) < 4.78 is 0. The molecular weight excluding hydrogens is 344 g/mol. The molecule has 1 aliphatic carbocycles. The summed E-state index contributed by atoms with van der Waals surface area (Å²) in [5.41, 5.74) is 1.21. The SMILES string of the molecule is O=C(Nc1ccc(C(=O)N2CCCCCC2c2ccccc2)s1)C1CC1. The van der Waals surface area contributed by atoms with Crippen molar-refractivity contribution >= 4 is 28.2 Å². The fourth-order valence-electron chi connectivity index (χ4n) is 3.60. The van der Waals surface area contributed by atoms with Crippen LogP contribution in [0.2, 0.25) is 0 Å². The Kier molecular flexibility index (Phi) is 5.07. The summed E-state index contributed by atoms with van der Waals surface area (Å²) >= 11 is 1.39. The molecule has 1 atom stereocenters. The Labute approximate surface area is 158 Å². The molecule has 1 unspecified atom stereocenters. The number of benzene rings is 1. The molecule has 1 aromatic heterocycles. The number of hydrogen-bond acceptors (Lipinski definition) is 3. The molecule has 2 heterocycles. The molecule has 1 saturated carbocycles. The lowest BCUT2D eigenvalue weighted by atomic mass is 10.0. The van der Waals surface area contributed by atoms with Gasteiger partial charge in [0, 0.05) is 12.5 Å². The molecule has 1 aromatic carbocycles. The number of carbonyl (C=O) groups excluding carboxylic acids is 2. The molecule has 2 amide bonds. The normalized spacial score (nSPS) is 20.5. The van der Waals surface area contributed by atoms with Crippen LogP contribution in [0.3, 0.4) is 0 Å². The van der Waals surface area contributed by atoms with E-state index < -0.39 is 0 Å². The summed E-state index contributed by atoms with van der Waals surface area (Å²) in [5.74, 6) is 0.338. The molecule has 1 aliphatic heterocycles. The average Bonchev–Trinajstić information content (AvgIpc) is 3.46. The Morgan fingerprint density at radius 2 is 1.77 bits per heavy atom. The highest BCUT2D eigenvalue weighted by Crippen LogP contribution is 2.34. The highest BCUT2D eigenvalue weighted by molar-refractivity contribution is 7.18. The van der Waals surface area contributed by atoms with Crippen LogP contribution in [-0.2, 0) is 4.79 Å². The molecule has 5 heteroatoms. The predicted octanol–water partition coefficient (Wildman–Crippen LogP) is 4.85. The van der Waals surface area contributed by atoms with Crippen molar-refractivity contribution in [3.05, 3.63) is 52.9 Å². The number of thiophene rings is 1. The Balaban J connectivity index is 1.52. The van der Waals surface area contributed by atoms with E-state index in [2.05, 4.69) is 17.4 Å².